The van der Waals surface area contributed by atoms with E-state index in [2.05, 4.69) is 37.5 Å². The van der Waals surface area contributed by atoms with Crippen LogP contribution in [-0.4, -0.2) is 17.1 Å². The zero-order chi connectivity index (χ0) is 26.0. The quantitative estimate of drug-likeness (QED) is 0.400. The Bertz CT molecular complexity index is 1130. The maximum Gasteiger partial charge on any atom is 0.238 e. The van der Waals surface area contributed by atoms with Gasteiger partial charge in [-0.2, -0.15) is 5.26 Å². The molecule has 3 rings (SSSR count). The lowest BCUT2D eigenvalue weighted by Crippen LogP contribution is -2.26. The van der Waals surface area contributed by atoms with Crippen molar-refractivity contribution >= 4 is 45.6 Å². The summed E-state index contributed by atoms with van der Waals surface area (Å²) < 4.78 is 0. The molecule has 0 saturated carbocycles. The van der Waals surface area contributed by atoms with Crippen molar-refractivity contribution in [2.75, 3.05) is 10.6 Å². The van der Waals surface area contributed by atoms with E-state index in [1.54, 1.807) is 11.3 Å². The summed E-state index contributed by atoms with van der Waals surface area (Å²) in [6.45, 7) is 14.8. The van der Waals surface area contributed by atoms with Gasteiger partial charge in [0.05, 0.1) is 10.8 Å². The average molecular weight is 512 g/mol. The van der Waals surface area contributed by atoms with Crippen molar-refractivity contribution in [2.24, 2.45) is 16.7 Å². The number of nitrogens with one attached hydrogen (secondary N) is 2. The zero-order valence-electron chi connectivity index (χ0n) is 21.9. The van der Waals surface area contributed by atoms with Crippen LogP contribution in [0.15, 0.2) is 29.2 Å². The fraction of sp³-hybridized carbons (Fsp3) is 0.536. The summed E-state index contributed by atoms with van der Waals surface area (Å²) in [7, 11) is 0. The molecule has 1 aromatic carbocycles. The predicted octanol–water partition coefficient (Wildman–Crippen LogP) is 7.26. The van der Waals surface area contributed by atoms with Crippen molar-refractivity contribution in [2.45, 2.75) is 84.3 Å². The zero-order valence-corrected chi connectivity index (χ0v) is 23.5. The highest BCUT2D eigenvalue weighted by Crippen LogP contribution is 2.44. The van der Waals surface area contributed by atoms with Gasteiger partial charge in [-0.15, -0.1) is 23.1 Å². The Hall–Kier alpha value is -2.30. The van der Waals surface area contributed by atoms with Gasteiger partial charge in [0, 0.05) is 21.9 Å². The van der Waals surface area contributed by atoms with E-state index in [1.165, 1.54) is 16.6 Å². The first-order valence-electron chi connectivity index (χ1n) is 12.2. The van der Waals surface area contributed by atoms with E-state index in [-0.39, 0.29) is 27.9 Å². The molecule has 2 atom stereocenters. The lowest BCUT2D eigenvalue weighted by molar-refractivity contribution is -0.118. The van der Waals surface area contributed by atoms with E-state index in [1.807, 2.05) is 52.0 Å². The van der Waals surface area contributed by atoms with Gasteiger partial charge in [0.2, 0.25) is 11.8 Å². The molecule has 188 valence electrons. The lowest BCUT2D eigenvalue weighted by atomic mass is 9.72. The predicted molar refractivity (Wildman–Crippen MR) is 147 cm³/mol. The molecule has 0 radical (unpaired) electrons. The molecule has 7 heteroatoms. The Morgan fingerprint density at radius 2 is 1.91 bits per heavy atom. The molecule has 0 bridgehead atoms. The number of thiophene rings is 1. The molecule has 2 unspecified atom stereocenters. The number of rotatable bonds is 6. The van der Waals surface area contributed by atoms with E-state index < -0.39 is 0 Å². The van der Waals surface area contributed by atoms with E-state index >= 15 is 0 Å². The third-order valence-corrected chi connectivity index (χ3v) is 8.59. The lowest BCUT2D eigenvalue weighted by Gasteiger charge is -2.33. The Kier molecular flexibility index (Phi) is 8.39. The highest BCUT2D eigenvalue weighted by atomic mass is 32.2. The van der Waals surface area contributed by atoms with Crippen molar-refractivity contribution < 1.29 is 9.59 Å². The Labute approximate surface area is 218 Å². The number of fused-ring (bicyclic) bond motifs is 1. The average Bonchev–Trinajstić information content (AvgIpc) is 3.07. The van der Waals surface area contributed by atoms with Crippen LogP contribution in [0.5, 0.6) is 0 Å². The summed E-state index contributed by atoms with van der Waals surface area (Å²) >= 11 is 3.00. The molecule has 0 aliphatic heterocycles. The molecule has 5 nitrogen and oxygen atoms in total. The minimum absolute atomic E-state index is 0.0233. The first-order chi connectivity index (χ1) is 16.3. The fourth-order valence-electron chi connectivity index (χ4n) is 4.34. The third kappa shape index (κ3) is 7.35. The summed E-state index contributed by atoms with van der Waals surface area (Å²) in [5, 5.41) is 16.1. The first kappa shape index (κ1) is 27.3. The Balaban J connectivity index is 1.66. The number of benzene rings is 1. The molecule has 2 N–H and O–H groups in total. The second-order valence-electron chi connectivity index (χ2n) is 11.7. The molecule has 0 spiro atoms. The number of amides is 2. The highest BCUT2D eigenvalue weighted by Gasteiger charge is 2.32. The Morgan fingerprint density at radius 3 is 2.54 bits per heavy atom. The highest BCUT2D eigenvalue weighted by molar-refractivity contribution is 8.00. The summed E-state index contributed by atoms with van der Waals surface area (Å²) in [4.78, 5) is 27.5. The van der Waals surface area contributed by atoms with Crippen molar-refractivity contribution in [1.82, 2.24) is 0 Å². The molecule has 0 saturated heterocycles. The molecule has 1 heterocycles. The Morgan fingerprint density at radius 1 is 1.20 bits per heavy atom. The van der Waals surface area contributed by atoms with Crippen molar-refractivity contribution in [3.63, 3.8) is 0 Å². The molecular weight excluding hydrogens is 474 g/mol. The van der Waals surface area contributed by atoms with Gasteiger partial charge in [0.25, 0.3) is 0 Å². The van der Waals surface area contributed by atoms with Gasteiger partial charge in [-0.25, -0.2) is 0 Å². The van der Waals surface area contributed by atoms with Gasteiger partial charge >= 0.3 is 0 Å². The molecule has 35 heavy (non-hydrogen) atoms. The summed E-state index contributed by atoms with van der Waals surface area (Å²) in [5.41, 5.74) is 2.62. The van der Waals surface area contributed by atoms with Crippen LogP contribution in [-0.2, 0) is 22.4 Å². The van der Waals surface area contributed by atoms with Crippen LogP contribution in [0.4, 0.5) is 10.7 Å². The van der Waals surface area contributed by atoms with E-state index in [9.17, 15) is 14.9 Å². The number of hydrogen-bond acceptors (Lipinski definition) is 5. The molecule has 1 aliphatic rings. The van der Waals surface area contributed by atoms with Gasteiger partial charge < -0.3 is 10.6 Å². The maximum absolute atomic E-state index is 13.0. The first-order valence-corrected chi connectivity index (χ1v) is 13.9. The number of thioether (sulfide) groups is 1. The topological polar surface area (TPSA) is 82.0 Å². The minimum Gasteiger partial charge on any atom is -0.326 e. The number of nitrogens with zero attached hydrogens (tertiary/aromatic N) is 1. The number of nitriles is 1. The SMILES string of the molecule is CC(Sc1cccc(NC(=O)CC(C)(C)C)c1)C(=O)Nc1sc2c(c1C#N)CCC(C(C)(C)C)C2. The van der Waals surface area contributed by atoms with Crippen LogP contribution in [0, 0.1) is 28.1 Å². The smallest absolute Gasteiger partial charge is 0.238 e. The van der Waals surface area contributed by atoms with Crippen LogP contribution in [0.25, 0.3) is 0 Å². The fourth-order valence-corrected chi connectivity index (χ4v) is 6.54. The van der Waals surface area contributed by atoms with E-state index in [0.717, 1.165) is 35.4 Å². The van der Waals surface area contributed by atoms with Crippen LogP contribution in [0.1, 0.15) is 77.3 Å². The van der Waals surface area contributed by atoms with Crippen LogP contribution < -0.4 is 10.6 Å². The number of carbonyl (C=O) groups is 2. The van der Waals surface area contributed by atoms with Gasteiger partial charge in [-0.05, 0) is 66.7 Å². The molecular formula is C28H37N3O2S2. The van der Waals surface area contributed by atoms with Crippen LogP contribution in [0.2, 0.25) is 0 Å². The van der Waals surface area contributed by atoms with E-state index in [4.69, 9.17) is 0 Å². The molecule has 2 aromatic rings. The number of hydrogen-bond donors (Lipinski definition) is 2. The molecule has 2 amide bonds. The van der Waals surface area contributed by atoms with Crippen molar-refractivity contribution in [1.29, 1.82) is 5.26 Å². The number of anilines is 2. The molecule has 1 aliphatic carbocycles. The van der Waals surface area contributed by atoms with Gasteiger partial charge in [0.15, 0.2) is 0 Å². The largest absolute Gasteiger partial charge is 0.326 e. The second kappa shape index (κ2) is 10.8. The van der Waals surface area contributed by atoms with Gasteiger partial charge in [-0.1, -0.05) is 47.6 Å². The molecule has 0 fully saturated rings. The normalized spacial score (nSPS) is 16.7. The summed E-state index contributed by atoms with van der Waals surface area (Å²) in [5.74, 6) is 0.430. The van der Waals surface area contributed by atoms with Crippen LogP contribution >= 0.6 is 23.1 Å². The summed E-state index contributed by atoms with van der Waals surface area (Å²) in [6, 6.07) is 9.91. The number of carbonyl (C=O) groups excluding carboxylic acids is 2. The van der Waals surface area contributed by atoms with Gasteiger partial charge in [0.1, 0.15) is 11.1 Å². The van der Waals surface area contributed by atoms with Crippen molar-refractivity contribution in [3.8, 4) is 6.07 Å². The van der Waals surface area contributed by atoms with Crippen molar-refractivity contribution in [3.05, 3.63) is 40.3 Å². The van der Waals surface area contributed by atoms with Gasteiger partial charge in [-0.3, -0.25) is 9.59 Å². The van der Waals surface area contributed by atoms with Crippen LogP contribution in [0.3, 0.4) is 0 Å². The third-order valence-electron chi connectivity index (χ3n) is 6.33. The monoisotopic (exact) mass is 511 g/mol. The summed E-state index contributed by atoms with van der Waals surface area (Å²) in [6.07, 6.45) is 3.37. The maximum atomic E-state index is 13.0. The minimum atomic E-state index is -0.358. The molecule has 1 aromatic heterocycles. The van der Waals surface area contributed by atoms with E-state index in [0.29, 0.717) is 22.9 Å². The standard InChI is InChI=1S/C28H37N3O2S2/c1-17(34-20-10-8-9-19(14-20)30-24(32)15-27(2,3)4)25(33)31-26-22(16-29)21-12-11-18(28(5,6)7)13-23(21)35-26/h8-10,14,17-18H,11-13,15H2,1-7H3,(H,30,32)(H,31,33). The second-order valence-corrected chi connectivity index (χ2v) is 14.2.